The number of hydrazine groups is 1. The minimum Gasteiger partial charge on any atom is -0.454 e. The molecule has 3 rings (SSSR count). The SMILES string of the molecule is Cc1ccc(C(=O)N(C)c2ccc3c(c2)OCO3)cc1N(N)C(=O)OC(C)(C)C. The number of carbonyl (C=O) groups is 2. The molecule has 0 radical (unpaired) electrons. The number of amides is 2. The Morgan fingerprint density at radius 2 is 1.76 bits per heavy atom. The first kappa shape index (κ1) is 20.5. The molecule has 0 bridgehead atoms. The number of nitrogens with zero attached hydrogens (tertiary/aromatic N) is 2. The highest BCUT2D eigenvalue weighted by Crippen LogP contribution is 2.35. The van der Waals surface area contributed by atoms with Gasteiger partial charge in [-0.2, -0.15) is 0 Å². The second kappa shape index (κ2) is 7.63. The summed E-state index contributed by atoms with van der Waals surface area (Å²) in [6.45, 7) is 7.23. The number of aryl methyl sites for hydroxylation is 1. The Hall–Kier alpha value is -3.26. The highest BCUT2D eigenvalue weighted by Gasteiger charge is 2.24. The van der Waals surface area contributed by atoms with Gasteiger partial charge in [-0.3, -0.25) is 4.79 Å². The second-order valence-corrected chi connectivity index (χ2v) is 7.75. The lowest BCUT2D eigenvalue weighted by Gasteiger charge is -2.25. The molecule has 0 saturated heterocycles. The number of ether oxygens (including phenoxy) is 3. The van der Waals surface area contributed by atoms with Crippen molar-refractivity contribution in [3.63, 3.8) is 0 Å². The number of fused-ring (bicyclic) bond motifs is 1. The van der Waals surface area contributed by atoms with Crippen LogP contribution in [0.5, 0.6) is 11.5 Å². The topological polar surface area (TPSA) is 94.3 Å². The summed E-state index contributed by atoms with van der Waals surface area (Å²) in [6, 6.07) is 10.3. The molecule has 0 atom stereocenters. The third-order valence-electron chi connectivity index (χ3n) is 4.35. The lowest BCUT2D eigenvalue weighted by molar-refractivity contribution is 0.0579. The number of nitrogens with two attached hydrogens (primary N) is 1. The molecular formula is C21H25N3O5. The summed E-state index contributed by atoms with van der Waals surface area (Å²) >= 11 is 0. The molecule has 2 N–H and O–H groups in total. The second-order valence-electron chi connectivity index (χ2n) is 7.75. The summed E-state index contributed by atoms with van der Waals surface area (Å²) in [4.78, 5) is 26.8. The van der Waals surface area contributed by atoms with Crippen LogP contribution < -0.4 is 25.2 Å². The smallest absolute Gasteiger partial charge is 0.429 e. The molecule has 0 unspecified atom stereocenters. The molecule has 1 heterocycles. The Bertz CT molecular complexity index is 952. The Kier molecular flexibility index (Phi) is 5.39. The van der Waals surface area contributed by atoms with Gasteiger partial charge in [0.15, 0.2) is 11.5 Å². The lowest BCUT2D eigenvalue weighted by atomic mass is 10.1. The molecule has 0 spiro atoms. The van der Waals surface area contributed by atoms with Gasteiger partial charge in [0.25, 0.3) is 5.91 Å². The molecule has 0 aromatic heterocycles. The van der Waals surface area contributed by atoms with Gasteiger partial charge in [0, 0.05) is 24.4 Å². The number of anilines is 2. The van der Waals surface area contributed by atoms with E-state index in [1.807, 2.05) is 0 Å². The molecule has 0 fully saturated rings. The number of rotatable bonds is 3. The van der Waals surface area contributed by atoms with Crippen molar-refractivity contribution in [1.29, 1.82) is 0 Å². The highest BCUT2D eigenvalue weighted by molar-refractivity contribution is 6.07. The molecule has 8 heteroatoms. The number of carbonyl (C=O) groups excluding carboxylic acids is 2. The first-order valence-corrected chi connectivity index (χ1v) is 9.13. The minimum atomic E-state index is -0.700. The summed E-state index contributed by atoms with van der Waals surface area (Å²) in [7, 11) is 1.66. The van der Waals surface area contributed by atoms with Crippen molar-refractivity contribution in [1.82, 2.24) is 0 Å². The zero-order valence-electron chi connectivity index (χ0n) is 17.2. The van der Waals surface area contributed by atoms with Crippen molar-refractivity contribution in [2.24, 2.45) is 5.84 Å². The van der Waals surface area contributed by atoms with Gasteiger partial charge in [0.05, 0.1) is 5.69 Å². The van der Waals surface area contributed by atoms with Crippen LogP contribution in [0.25, 0.3) is 0 Å². The van der Waals surface area contributed by atoms with Gasteiger partial charge < -0.3 is 19.1 Å². The molecule has 0 saturated carbocycles. The monoisotopic (exact) mass is 399 g/mol. The van der Waals surface area contributed by atoms with Crippen molar-refractivity contribution in [3.05, 3.63) is 47.5 Å². The lowest BCUT2D eigenvalue weighted by Crippen LogP contribution is -2.42. The van der Waals surface area contributed by atoms with E-state index in [1.54, 1.807) is 71.1 Å². The van der Waals surface area contributed by atoms with Gasteiger partial charge in [-0.15, -0.1) is 0 Å². The van der Waals surface area contributed by atoms with Gasteiger partial charge in [-0.25, -0.2) is 15.6 Å². The fourth-order valence-electron chi connectivity index (χ4n) is 2.82. The van der Waals surface area contributed by atoms with Crippen LogP contribution >= 0.6 is 0 Å². The molecule has 2 amide bonds. The first-order valence-electron chi connectivity index (χ1n) is 9.13. The van der Waals surface area contributed by atoms with E-state index in [-0.39, 0.29) is 12.7 Å². The zero-order valence-corrected chi connectivity index (χ0v) is 17.2. The Morgan fingerprint density at radius 3 is 2.45 bits per heavy atom. The molecule has 1 aliphatic rings. The van der Waals surface area contributed by atoms with Crippen LogP contribution in [0, 0.1) is 6.92 Å². The van der Waals surface area contributed by atoms with Crippen LogP contribution in [0.4, 0.5) is 16.2 Å². The highest BCUT2D eigenvalue weighted by atomic mass is 16.7. The van der Waals surface area contributed by atoms with Crippen molar-refractivity contribution < 1.29 is 23.8 Å². The number of hydrogen-bond acceptors (Lipinski definition) is 6. The quantitative estimate of drug-likeness (QED) is 0.481. The average molecular weight is 399 g/mol. The Labute approximate surface area is 169 Å². The standard InChI is InChI=1S/C21H25N3O5/c1-13-6-7-14(10-16(13)24(22)20(26)29-21(2,3)4)19(25)23(5)15-8-9-17-18(11-15)28-12-27-17/h6-11H,12,22H2,1-5H3. The third-order valence-corrected chi connectivity index (χ3v) is 4.35. The molecular weight excluding hydrogens is 374 g/mol. The van der Waals surface area contributed by atoms with Crippen LogP contribution in [-0.4, -0.2) is 31.4 Å². The van der Waals surface area contributed by atoms with Crippen molar-refractivity contribution in [2.45, 2.75) is 33.3 Å². The van der Waals surface area contributed by atoms with Crippen LogP contribution in [0.1, 0.15) is 36.7 Å². The summed E-state index contributed by atoms with van der Waals surface area (Å²) in [5, 5.41) is 0.915. The fraction of sp³-hybridized carbons (Fsp3) is 0.333. The maximum Gasteiger partial charge on any atom is 0.429 e. The predicted octanol–water partition coefficient (Wildman–Crippen LogP) is 3.62. The van der Waals surface area contributed by atoms with Gasteiger partial charge in [0.2, 0.25) is 6.79 Å². The zero-order chi connectivity index (χ0) is 21.3. The van der Waals surface area contributed by atoms with E-state index >= 15 is 0 Å². The number of hydrogen-bond donors (Lipinski definition) is 1. The van der Waals surface area contributed by atoms with E-state index in [4.69, 9.17) is 20.1 Å². The molecule has 2 aromatic rings. The summed E-state index contributed by atoms with van der Waals surface area (Å²) in [5.41, 5.74) is 1.48. The van der Waals surface area contributed by atoms with E-state index in [2.05, 4.69) is 0 Å². The van der Waals surface area contributed by atoms with Gasteiger partial charge >= 0.3 is 6.09 Å². The molecule has 1 aliphatic heterocycles. The van der Waals surface area contributed by atoms with E-state index in [9.17, 15) is 9.59 Å². The van der Waals surface area contributed by atoms with Gasteiger partial charge in [0.1, 0.15) is 5.60 Å². The van der Waals surface area contributed by atoms with Crippen LogP contribution in [0.2, 0.25) is 0 Å². The normalized spacial score (nSPS) is 12.5. The van der Waals surface area contributed by atoms with E-state index in [1.165, 1.54) is 4.90 Å². The summed E-state index contributed by atoms with van der Waals surface area (Å²) in [6.07, 6.45) is -0.700. The van der Waals surface area contributed by atoms with E-state index < -0.39 is 11.7 Å². The maximum atomic E-state index is 13.0. The molecule has 2 aromatic carbocycles. The molecule has 0 aliphatic carbocycles. The third kappa shape index (κ3) is 4.43. The van der Waals surface area contributed by atoms with Gasteiger partial charge in [-0.1, -0.05) is 6.07 Å². The van der Waals surface area contributed by atoms with Crippen molar-refractivity contribution in [3.8, 4) is 11.5 Å². The Morgan fingerprint density at radius 1 is 1.07 bits per heavy atom. The van der Waals surface area contributed by atoms with E-state index in [0.717, 1.165) is 10.6 Å². The predicted molar refractivity (Wildman–Crippen MR) is 109 cm³/mol. The largest absolute Gasteiger partial charge is 0.454 e. The van der Waals surface area contributed by atoms with Crippen molar-refractivity contribution >= 4 is 23.4 Å². The summed E-state index contributed by atoms with van der Waals surface area (Å²) in [5.74, 6) is 6.94. The summed E-state index contributed by atoms with van der Waals surface area (Å²) < 4.78 is 16.0. The number of benzene rings is 2. The van der Waals surface area contributed by atoms with E-state index in [0.29, 0.717) is 28.4 Å². The van der Waals surface area contributed by atoms with Crippen LogP contribution in [0.15, 0.2) is 36.4 Å². The van der Waals surface area contributed by atoms with Gasteiger partial charge in [-0.05, 0) is 57.5 Å². The molecule has 154 valence electrons. The fourth-order valence-corrected chi connectivity index (χ4v) is 2.82. The van der Waals surface area contributed by atoms with Crippen molar-refractivity contribution in [2.75, 3.05) is 23.7 Å². The molecule has 8 nitrogen and oxygen atoms in total. The average Bonchev–Trinajstić information content (AvgIpc) is 3.13. The minimum absolute atomic E-state index is 0.161. The maximum absolute atomic E-state index is 13.0. The van der Waals surface area contributed by atoms with Crippen LogP contribution in [-0.2, 0) is 4.74 Å². The van der Waals surface area contributed by atoms with Crippen LogP contribution in [0.3, 0.4) is 0 Å². The first-order chi connectivity index (χ1) is 13.6. The molecule has 29 heavy (non-hydrogen) atoms. The Balaban J connectivity index is 1.84.